The largest absolute Gasteiger partial charge is 0.364 e. The highest BCUT2D eigenvalue weighted by molar-refractivity contribution is 6.39. The van der Waals surface area contributed by atoms with Gasteiger partial charge in [0, 0.05) is 25.2 Å². The summed E-state index contributed by atoms with van der Waals surface area (Å²) in [4.78, 5) is 2.18. The summed E-state index contributed by atoms with van der Waals surface area (Å²) in [5, 5.41) is 4.30. The van der Waals surface area contributed by atoms with Gasteiger partial charge in [-0.15, -0.1) is 0 Å². The molecule has 0 radical (unpaired) electrons. The van der Waals surface area contributed by atoms with Gasteiger partial charge in [0.15, 0.2) is 0 Å². The van der Waals surface area contributed by atoms with Crippen LogP contribution in [-0.2, 0) is 0 Å². The van der Waals surface area contributed by atoms with Crippen LogP contribution in [0.2, 0.25) is 10.0 Å². The second-order valence-electron chi connectivity index (χ2n) is 6.55. The molecule has 2 rings (SSSR count). The maximum Gasteiger partial charge on any atom is 0.126 e. The van der Waals surface area contributed by atoms with E-state index < -0.39 is 5.82 Å². The van der Waals surface area contributed by atoms with Crippen molar-refractivity contribution in [3.8, 4) is 0 Å². The van der Waals surface area contributed by atoms with Crippen molar-refractivity contribution in [2.75, 3.05) is 18.0 Å². The van der Waals surface area contributed by atoms with Gasteiger partial charge in [-0.25, -0.2) is 4.39 Å². The monoisotopic (exact) mass is 318 g/mol. The molecule has 112 valence electrons. The van der Waals surface area contributed by atoms with Gasteiger partial charge in [-0.2, -0.15) is 0 Å². The van der Waals surface area contributed by atoms with Gasteiger partial charge in [0.05, 0.1) is 15.7 Å². The lowest BCUT2D eigenvalue weighted by atomic mass is 9.84. The molecule has 0 bridgehead atoms. The topological polar surface area (TPSA) is 15.3 Å². The molecule has 2 nitrogen and oxygen atoms in total. The summed E-state index contributed by atoms with van der Waals surface area (Å²) in [6.45, 7) is 10.4. The maximum atomic E-state index is 13.3. The first-order valence-electron chi connectivity index (χ1n) is 6.84. The van der Waals surface area contributed by atoms with Gasteiger partial charge in [-0.1, -0.05) is 44.0 Å². The highest BCUT2D eigenvalue weighted by atomic mass is 35.5. The van der Waals surface area contributed by atoms with Crippen molar-refractivity contribution in [1.82, 2.24) is 5.32 Å². The second kappa shape index (κ2) is 5.70. The quantitative estimate of drug-likeness (QED) is 0.828. The summed E-state index contributed by atoms with van der Waals surface area (Å²) in [6, 6.07) is 3.23. The molecule has 1 aromatic rings. The Morgan fingerprint density at radius 3 is 2.30 bits per heavy atom. The average Bonchev–Trinajstić information content (AvgIpc) is 2.28. The zero-order valence-electron chi connectivity index (χ0n) is 12.3. The van der Waals surface area contributed by atoms with E-state index in [0.717, 1.165) is 18.8 Å². The highest BCUT2D eigenvalue weighted by Crippen LogP contribution is 2.37. The summed E-state index contributed by atoms with van der Waals surface area (Å²) in [7, 11) is 0. The number of benzene rings is 1. The Hall–Kier alpha value is -0.510. The molecule has 1 aliphatic heterocycles. The summed E-state index contributed by atoms with van der Waals surface area (Å²) in [6.07, 6.45) is 0. The van der Waals surface area contributed by atoms with Crippen molar-refractivity contribution in [2.24, 2.45) is 5.41 Å². The molecule has 20 heavy (non-hydrogen) atoms. The predicted molar refractivity (Wildman–Crippen MR) is 84.5 cm³/mol. The van der Waals surface area contributed by atoms with Crippen LogP contribution in [-0.4, -0.2) is 25.2 Å². The van der Waals surface area contributed by atoms with Gasteiger partial charge in [0.25, 0.3) is 0 Å². The Labute approximate surface area is 130 Å². The van der Waals surface area contributed by atoms with Gasteiger partial charge >= 0.3 is 0 Å². The summed E-state index contributed by atoms with van der Waals surface area (Å²) < 4.78 is 13.3. The molecule has 2 unspecified atom stereocenters. The van der Waals surface area contributed by atoms with E-state index in [4.69, 9.17) is 23.2 Å². The van der Waals surface area contributed by atoms with E-state index in [0.29, 0.717) is 16.1 Å². The zero-order valence-corrected chi connectivity index (χ0v) is 13.8. The summed E-state index contributed by atoms with van der Waals surface area (Å²) in [5.41, 5.74) is 0.871. The number of nitrogens with zero attached hydrogens (tertiary/aromatic N) is 1. The standard InChI is InChI=1S/C15H21Cl2FN2/c1-9-7-19-13(15(2,3)4)8-20(9)14-11(16)5-10(18)6-12(14)17/h5-6,9,13,19H,7-8H2,1-4H3. The number of anilines is 1. The third-order valence-electron chi connectivity index (χ3n) is 3.89. The molecule has 0 aliphatic carbocycles. The van der Waals surface area contributed by atoms with Crippen molar-refractivity contribution >= 4 is 28.9 Å². The molecule has 1 saturated heterocycles. The fourth-order valence-electron chi connectivity index (χ4n) is 2.56. The SMILES string of the molecule is CC1CNC(C(C)(C)C)CN1c1c(Cl)cc(F)cc1Cl. The van der Waals surface area contributed by atoms with Crippen LogP contribution in [0.4, 0.5) is 10.1 Å². The first-order valence-corrected chi connectivity index (χ1v) is 7.60. The van der Waals surface area contributed by atoms with Gasteiger partial charge in [-0.05, 0) is 24.5 Å². The lowest BCUT2D eigenvalue weighted by Gasteiger charge is -2.45. The van der Waals surface area contributed by atoms with E-state index in [-0.39, 0.29) is 11.5 Å². The smallest absolute Gasteiger partial charge is 0.126 e. The fraction of sp³-hybridized carbons (Fsp3) is 0.600. The molecule has 1 aliphatic rings. The first-order chi connectivity index (χ1) is 9.20. The van der Waals surface area contributed by atoms with Gasteiger partial charge in [-0.3, -0.25) is 0 Å². The number of hydrogen-bond donors (Lipinski definition) is 1. The molecule has 0 aromatic heterocycles. The highest BCUT2D eigenvalue weighted by Gasteiger charge is 2.34. The van der Waals surface area contributed by atoms with Crippen LogP contribution in [0, 0.1) is 11.2 Å². The van der Waals surface area contributed by atoms with Crippen molar-refractivity contribution in [3.05, 3.63) is 28.0 Å². The average molecular weight is 319 g/mol. The van der Waals surface area contributed by atoms with E-state index in [1.165, 1.54) is 12.1 Å². The van der Waals surface area contributed by atoms with Crippen LogP contribution < -0.4 is 10.2 Å². The van der Waals surface area contributed by atoms with Crippen LogP contribution in [0.3, 0.4) is 0 Å². The van der Waals surface area contributed by atoms with Crippen LogP contribution in [0.15, 0.2) is 12.1 Å². The number of halogens is 3. The third kappa shape index (κ3) is 3.21. The molecule has 2 atom stereocenters. The Bertz CT molecular complexity index is 476. The number of hydrogen-bond acceptors (Lipinski definition) is 2. The van der Waals surface area contributed by atoms with Crippen molar-refractivity contribution in [1.29, 1.82) is 0 Å². The Balaban J connectivity index is 2.35. The zero-order chi connectivity index (χ0) is 15.1. The van der Waals surface area contributed by atoms with Crippen LogP contribution in [0.25, 0.3) is 0 Å². The molecule has 5 heteroatoms. The lowest BCUT2D eigenvalue weighted by Crippen LogP contribution is -2.59. The van der Waals surface area contributed by atoms with E-state index in [1.807, 2.05) is 0 Å². The maximum absolute atomic E-state index is 13.3. The molecule has 1 aromatic carbocycles. The van der Waals surface area contributed by atoms with Crippen LogP contribution in [0.5, 0.6) is 0 Å². The fourth-order valence-corrected chi connectivity index (χ4v) is 3.24. The van der Waals surface area contributed by atoms with Crippen molar-refractivity contribution in [3.63, 3.8) is 0 Å². The van der Waals surface area contributed by atoms with E-state index in [1.54, 1.807) is 0 Å². The Kier molecular flexibility index (Phi) is 4.53. The summed E-state index contributed by atoms with van der Waals surface area (Å²) in [5.74, 6) is -0.404. The lowest BCUT2D eigenvalue weighted by molar-refractivity contribution is 0.239. The van der Waals surface area contributed by atoms with Crippen LogP contribution >= 0.6 is 23.2 Å². The molecule has 0 amide bonds. The number of nitrogens with one attached hydrogen (secondary N) is 1. The molecular formula is C15H21Cl2FN2. The molecule has 1 fully saturated rings. The minimum atomic E-state index is -0.404. The first kappa shape index (κ1) is 15.9. The van der Waals surface area contributed by atoms with Gasteiger partial charge in [0.1, 0.15) is 5.82 Å². The minimum Gasteiger partial charge on any atom is -0.364 e. The predicted octanol–water partition coefficient (Wildman–Crippen LogP) is 4.35. The van der Waals surface area contributed by atoms with E-state index >= 15 is 0 Å². The van der Waals surface area contributed by atoms with Gasteiger partial charge in [0.2, 0.25) is 0 Å². The Morgan fingerprint density at radius 1 is 1.25 bits per heavy atom. The Morgan fingerprint density at radius 2 is 1.80 bits per heavy atom. The molecular weight excluding hydrogens is 298 g/mol. The van der Waals surface area contributed by atoms with Crippen molar-refractivity contribution in [2.45, 2.75) is 39.8 Å². The minimum absolute atomic E-state index is 0.136. The molecule has 1 N–H and O–H groups in total. The van der Waals surface area contributed by atoms with E-state index in [9.17, 15) is 4.39 Å². The molecule has 0 saturated carbocycles. The summed E-state index contributed by atoms with van der Waals surface area (Å²) >= 11 is 12.4. The van der Waals surface area contributed by atoms with Gasteiger partial charge < -0.3 is 10.2 Å². The van der Waals surface area contributed by atoms with Crippen molar-refractivity contribution < 1.29 is 4.39 Å². The number of piperazine rings is 1. The third-order valence-corrected chi connectivity index (χ3v) is 4.46. The van der Waals surface area contributed by atoms with E-state index in [2.05, 4.69) is 37.9 Å². The van der Waals surface area contributed by atoms with Crippen LogP contribution in [0.1, 0.15) is 27.7 Å². The normalized spacial score (nSPS) is 24.1. The number of rotatable bonds is 1. The second-order valence-corrected chi connectivity index (χ2v) is 7.36. The molecule has 0 spiro atoms. The molecule has 1 heterocycles.